The average Bonchev–Trinajstić information content (AvgIpc) is 2.81. The van der Waals surface area contributed by atoms with Gasteiger partial charge in [-0.25, -0.2) is 4.39 Å². The van der Waals surface area contributed by atoms with E-state index in [0.717, 1.165) is 34.1 Å². The highest BCUT2D eigenvalue weighted by molar-refractivity contribution is 7.99. The highest BCUT2D eigenvalue weighted by Crippen LogP contribution is 2.33. The lowest BCUT2D eigenvalue weighted by Gasteiger charge is -2.11. The van der Waals surface area contributed by atoms with Gasteiger partial charge in [0, 0.05) is 28.3 Å². The minimum Gasteiger partial charge on any atom is -0.489 e. The Morgan fingerprint density at radius 1 is 1.30 bits per heavy atom. The molecule has 0 spiro atoms. The predicted octanol–water partition coefficient (Wildman–Crippen LogP) is 3.81. The zero-order valence-corrected chi connectivity index (χ0v) is 12.0. The molecule has 0 radical (unpaired) electrons. The van der Waals surface area contributed by atoms with Crippen LogP contribution in [0.5, 0.6) is 5.75 Å². The second-order valence-corrected chi connectivity index (χ2v) is 6.11. The first-order chi connectivity index (χ1) is 9.61. The maximum Gasteiger partial charge on any atom is 0.123 e. The summed E-state index contributed by atoms with van der Waals surface area (Å²) in [5.41, 5.74) is 8.91. The Morgan fingerprint density at radius 2 is 2.15 bits per heavy atom. The smallest absolute Gasteiger partial charge is 0.123 e. The second-order valence-electron chi connectivity index (χ2n) is 5.05. The van der Waals surface area contributed by atoms with Crippen molar-refractivity contribution in [1.82, 2.24) is 0 Å². The summed E-state index contributed by atoms with van der Waals surface area (Å²) in [5, 5.41) is 0. The average molecular weight is 289 g/mol. The number of fused-ring (bicyclic) bond motifs is 1. The first-order valence-corrected chi connectivity index (χ1v) is 7.54. The fraction of sp³-hybridized carbons (Fsp3) is 0.250. The van der Waals surface area contributed by atoms with Gasteiger partial charge in [-0.05, 0) is 42.8 Å². The molecule has 2 nitrogen and oxygen atoms in total. The Morgan fingerprint density at radius 3 is 3.00 bits per heavy atom. The fourth-order valence-electron chi connectivity index (χ4n) is 2.33. The number of nitrogen functional groups attached to an aromatic ring is 1. The largest absolute Gasteiger partial charge is 0.489 e. The summed E-state index contributed by atoms with van der Waals surface area (Å²) >= 11 is 1.69. The molecule has 4 heteroatoms. The van der Waals surface area contributed by atoms with Gasteiger partial charge in [0.2, 0.25) is 0 Å². The van der Waals surface area contributed by atoms with Crippen LogP contribution < -0.4 is 10.5 Å². The maximum absolute atomic E-state index is 13.2. The number of nitrogens with two attached hydrogens (primary N) is 1. The molecule has 1 heterocycles. The maximum atomic E-state index is 13.2. The Kier molecular flexibility index (Phi) is 3.57. The highest BCUT2D eigenvalue weighted by Gasteiger charge is 2.23. The van der Waals surface area contributed by atoms with E-state index >= 15 is 0 Å². The van der Waals surface area contributed by atoms with Crippen molar-refractivity contribution in [2.45, 2.75) is 24.3 Å². The summed E-state index contributed by atoms with van der Waals surface area (Å²) in [4.78, 5) is 1.08. The van der Waals surface area contributed by atoms with E-state index < -0.39 is 0 Å². The van der Waals surface area contributed by atoms with Gasteiger partial charge in [-0.15, -0.1) is 11.8 Å². The van der Waals surface area contributed by atoms with E-state index in [4.69, 9.17) is 10.5 Å². The third kappa shape index (κ3) is 2.75. The third-order valence-corrected chi connectivity index (χ3v) is 4.56. The minimum absolute atomic E-state index is 0.0803. The molecule has 0 saturated heterocycles. The van der Waals surface area contributed by atoms with Crippen molar-refractivity contribution in [1.29, 1.82) is 0 Å². The number of hydrogen-bond donors (Lipinski definition) is 1. The van der Waals surface area contributed by atoms with Crippen molar-refractivity contribution in [2.24, 2.45) is 0 Å². The zero-order chi connectivity index (χ0) is 14.1. The highest BCUT2D eigenvalue weighted by atomic mass is 32.2. The van der Waals surface area contributed by atoms with Gasteiger partial charge in [-0.2, -0.15) is 0 Å². The van der Waals surface area contributed by atoms with E-state index in [0.29, 0.717) is 0 Å². The molecule has 3 rings (SSSR count). The van der Waals surface area contributed by atoms with Gasteiger partial charge in [-0.3, -0.25) is 0 Å². The third-order valence-electron chi connectivity index (χ3n) is 3.36. The van der Waals surface area contributed by atoms with Crippen LogP contribution in [0, 0.1) is 12.7 Å². The number of rotatable bonds is 3. The summed E-state index contributed by atoms with van der Waals surface area (Å²) in [5.74, 6) is 1.40. The molecule has 2 aromatic rings. The molecule has 104 valence electrons. The van der Waals surface area contributed by atoms with Crippen LogP contribution in [0.4, 0.5) is 10.1 Å². The summed E-state index contributed by atoms with van der Waals surface area (Å²) in [7, 11) is 0. The number of hydrogen-bond acceptors (Lipinski definition) is 3. The second kappa shape index (κ2) is 5.37. The Hall–Kier alpha value is -1.68. The normalized spacial score (nSPS) is 16.8. The molecule has 1 aliphatic rings. The predicted molar refractivity (Wildman–Crippen MR) is 80.8 cm³/mol. The van der Waals surface area contributed by atoms with Crippen molar-refractivity contribution >= 4 is 17.4 Å². The number of ether oxygens (including phenoxy) is 1. The van der Waals surface area contributed by atoms with Crippen LogP contribution in [0.15, 0.2) is 41.3 Å². The molecule has 0 fully saturated rings. The van der Waals surface area contributed by atoms with Crippen LogP contribution in [-0.2, 0) is 6.42 Å². The van der Waals surface area contributed by atoms with Gasteiger partial charge in [0.25, 0.3) is 0 Å². The lowest BCUT2D eigenvalue weighted by atomic mass is 10.1. The molecule has 2 aromatic carbocycles. The summed E-state index contributed by atoms with van der Waals surface area (Å²) in [6.45, 7) is 2.05. The van der Waals surface area contributed by atoms with E-state index in [2.05, 4.69) is 6.07 Å². The molecule has 0 bridgehead atoms. The molecule has 0 amide bonds. The molecule has 20 heavy (non-hydrogen) atoms. The molecule has 2 N–H and O–H groups in total. The Bertz CT molecular complexity index is 644. The van der Waals surface area contributed by atoms with E-state index in [9.17, 15) is 4.39 Å². The Labute approximate surface area is 122 Å². The van der Waals surface area contributed by atoms with Crippen molar-refractivity contribution < 1.29 is 9.13 Å². The lowest BCUT2D eigenvalue weighted by molar-refractivity contribution is 0.259. The molecule has 0 saturated carbocycles. The van der Waals surface area contributed by atoms with Crippen LogP contribution >= 0.6 is 11.8 Å². The van der Waals surface area contributed by atoms with Gasteiger partial charge in [-0.1, -0.05) is 6.07 Å². The summed E-state index contributed by atoms with van der Waals surface area (Å²) in [6.07, 6.45) is 0.836. The Balaban J connectivity index is 1.65. The van der Waals surface area contributed by atoms with E-state index in [-0.39, 0.29) is 11.9 Å². The topological polar surface area (TPSA) is 35.2 Å². The monoisotopic (exact) mass is 289 g/mol. The fourth-order valence-corrected chi connectivity index (χ4v) is 3.39. The van der Waals surface area contributed by atoms with E-state index in [1.165, 1.54) is 11.6 Å². The lowest BCUT2D eigenvalue weighted by Crippen LogP contribution is -2.15. The van der Waals surface area contributed by atoms with Crippen LogP contribution in [0.3, 0.4) is 0 Å². The van der Waals surface area contributed by atoms with Gasteiger partial charge in [0.15, 0.2) is 0 Å². The molecule has 0 aliphatic carbocycles. The first-order valence-electron chi connectivity index (χ1n) is 6.56. The van der Waals surface area contributed by atoms with Crippen LogP contribution in [-0.4, -0.2) is 11.9 Å². The van der Waals surface area contributed by atoms with Crippen molar-refractivity contribution in [3.05, 3.63) is 53.3 Å². The van der Waals surface area contributed by atoms with Crippen LogP contribution in [0.1, 0.15) is 11.1 Å². The number of benzene rings is 2. The minimum atomic E-state index is -0.205. The molecule has 0 aromatic heterocycles. The molecule has 1 atom stereocenters. The molecule has 1 unspecified atom stereocenters. The first kappa shape index (κ1) is 13.3. The van der Waals surface area contributed by atoms with Crippen molar-refractivity contribution in [3.8, 4) is 5.75 Å². The van der Waals surface area contributed by atoms with Crippen molar-refractivity contribution in [2.75, 3.05) is 11.5 Å². The van der Waals surface area contributed by atoms with E-state index in [1.54, 1.807) is 23.9 Å². The number of thioether (sulfide) groups is 1. The standard InChI is InChI=1S/C16H16FNOS/c1-10-2-4-14(18)16(6-10)20-9-13-8-11-7-12(17)3-5-15(11)19-13/h2-7,13H,8-9,18H2,1H3. The van der Waals surface area contributed by atoms with E-state index in [1.807, 2.05) is 19.1 Å². The SMILES string of the molecule is Cc1ccc(N)c(SCC2Cc3cc(F)ccc3O2)c1. The molecular formula is C16H16FNOS. The van der Waals surface area contributed by atoms with Gasteiger partial charge in [0.1, 0.15) is 17.7 Å². The van der Waals surface area contributed by atoms with Crippen LogP contribution in [0.25, 0.3) is 0 Å². The number of halogens is 1. The number of aryl methyl sites for hydroxylation is 1. The van der Waals surface area contributed by atoms with Gasteiger partial charge in [0.05, 0.1) is 0 Å². The quantitative estimate of drug-likeness (QED) is 0.689. The van der Waals surface area contributed by atoms with Gasteiger partial charge < -0.3 is 10.5 Å². The molecular weight excluding hydrogens is 273 g/mol. The molecule has 1 aliphatic heterocycles. The van der Waals surface area contributed by atoms with Crippen LogP contribution in [0.2, 0.25) is 0 Å². The zero-order valence-electron chi connectivity index (χ0n) is 11.2. The number of anilines is 1. The summed E-state index contributed by atoms with van der Waals surface area (Å²) < 4.78 is 19.0. The van der Waals surface area contributed by atoms with Crippen molar-refractivity contribution in [3.63, 3.8) is 0 Å². The summed E-state index contributed by atoms with van der Waals surface area (Å²) in [6, 6.07) is 10.7. The van der Waals surface area contributed by atoms with Gasteiger partial charge >= 0.3 is 0 Å².